The molecule has 0 atom stereocenters. The fourth-order valence-corrected chi connectivity index (χ4v) is 3.26. The van der Waals surface area contributed by atoms with Crippen LogP contribution in [0.5, 0.6) is 0 Å². The molecular formula is C12H13FN2O5S. The first kappa shape index (κ1) is 15.2. The summed E-state index contributed by atoms with van der Waals surface area (Å²) in [4.78, 5) is 22.7. The smallest absolute Gasteiger partial charge is 0.335 e. The molecule has 2 N–H and O–H groups in total. The molecule has 1 aliphatic heterocycles. The quantitative estimate of drug-likeness (QED) is 0.814. The van der Waals surface area contributed by atoms with Crippen molar-refractivity contribution in [3.8, 4) is 0 Å². The van der Waals surface area contributed by atoms with E-state index in [0.717, 1.165) is 12.1 Å². The summed E-state index contributed by atoms with van der Waals surface area (Å²) in [6, 6.07) is 2.27. The van der Waals surface area contributed by atoms with Gasteiger partial charge < -0.3 is 15.3 Å². The number of sulfone groups is 1. The molecule has 0 unspecified atom stereocenters. The highest BCUT2D eigenvalue weighted by Crippen LogP contribution is 2.18. The van der Waals surface area contributed by atoms with Crippen molar-refractivity contribution in [3.05, 3.63) is 29.6 Å². The number of carboxylic acids is 1. The summed E-state index contributed by atoms with van der Waals surface area (Å²) < 4.78 is 37.9. The molecule has 0 aromatic heterocycles. The first-order valence-corrected chi connectivity index (χ1v) is 7.75. The van der Waals surface area contributed by atoms with E-state index in [2.05, 4.69) is 5.32 Å². The number of carboxylic acid groups (broad SMARTS) is 1. The van der Waals surface area contributed by atoms with Crippen molar-refractivity contribution < 1.29 is 27.5 Å². The number of carbonyl (C=O) groups is 2. The fraction of sp³-hybridized carbons (Fsp3) is 0.333. The average molecular weight is 316 g/mol. The van der Waals surface area contributed by atoms with Gasteiger partial charge in [-0.05, 0) is 18.2 Å². The third kappa shape index (κ3) is 3.30. The zero-order valence-corrected chi connectivity index (χ0v) is 11.7. The van der Waals surface area contributed by atoms with Gasteiger partial charge in [-0.15, -0.1) is 0 Å². The van der Waals surface area contributed by atoms with Gasteiger partial charge >= 0.3 is 12.0 Å². The van der Waals surface area contributed by atoms with E-state index in [9.17, 15) is 22.4 Å². The standard InChI is InChI=1S/C12H13FN2O5S/c13-9-7-8(11(16)17)1-2-10(9)21(19,20)6-5-15-4-3-14-12(15)18/h1-2,7H,3-6H2,(H,14,18)(H,16,17). The maximum Gasteiger partial charge on any atom is 0.335 e. The number of nitrogens with zero attached hydrogens (tertiary/aromatic N) is 1. The Morgan fingerprint density at radius 1 is 1.43 bits per heavy atom. The lowest BCUT2D eigenvalue weighted by Crippen LogP contribution is -2.32. The SMILES string of the molecule is O=C(O)c1ccc(S(=O)(=O)CCN2CCNC2=O)c(F)c1. The van der Waals surface area contributed by atoms with Crippen LogP contribution >= 0.6 is 0 Å². The molecule has 1 aliphatic rings. The number of hydrogen-bond acceptors (Lipinski definition) is 4. The molecule has 2 rings (SSSR count). The number of rotatable bonds is 5. The summed E-state index contributed by atoms with van der Waals surface area (Å²) in [5.41, 5.74) is -0.328. The van der Waals surface area contributed by atoms with Crippen molar-refractivity contribution in [2.24, 2.45) is 0 Å². The number of nitrogens with one attached hydrogen (secondary N) is 1. The van der Waals surface area contributed by atoms with E-state index < -0.39 is 32.3 Å². The van der Waals surface area contributed by atoms with Gasteiger partial charge in [-0.3, -0.25) is 0 Å². The van der Waals surface area contributed by atoms with Gasteiger partial charge in [-0.25, -0.2) is 22.4 Å². The van der Waals surface area contributed by atoms with Gasteiger partial charge in [0.2, 0.25) is 0 Å². The first-order valence-electron chi connectivity index (χ1n) is 6.09. The molecule has 1 aromatic rings. The van der Waals surface area contributed by atoms with E-state index in [1.807, 2.05) is 0 Å². The number of halogens is 1. The molecule has 1 aromatic carbocycles. The first-order chi connectivity index (χ1) is 9.81. The molecule has 7 nitrogen and oxygen atoms in total. The summed E-state index contributed by atoms with van der Waals surface area (Å²) in [5, 5.41) is 11.2. The van der Waals surface area contributed by atoms with Crippen molar-refractivity contribution in [1.82, 2.24) is 10.2 Å². The molecule has 0 bridgehead atoms. The van der Waals surface area contributed by atoms with Crippen LogP contribution in [0.1, 0.15) is 10.4 Å². The van der Waals surface area contributed by atoms with Crippen LogP contribution < -0.4 is 5.32 Å². The van der Waals surface area contributed by atoms with E-state index in [0.29, 0.717) is 19.2 Å². The Morgan fingerprint density at radius 2 is 2.14 bits per heavy atom. The lowest BCUT2D eigenvalue weighted by atomic mass is 10.2. The molecule has 0 saturated carbocycles. The molecule has 0 aliphatic carbocycles. The van der Waals surface area contributed by atoms with E-state index in [4.69, 9.17) is 5.11 Å². The second-order valence-corrected chi connectivity index (χ2v) is 6.57. The lowest BCUT2D eigenvalue weighted by Gasteiger charge is -2.14. The van der Waals surface area contributed by atoms with Gasteiger partial charge in [0.15, 0.2) is 9.84 Å². The van der Waals surface area contributed by atoms with Crippen molar-refractivity contribution in [3.63, 3.8) is 0 Å². The molecule has 0 spiro atoms. The second kappa shape index (κ2) is 5.68. The highest BCUT2D eigenvalue weighted by molar-refractivity contribution is 7.91. The predicted octanol–water partition coefficient (Wildman–Crippen LogP) is 0.323. The predicted molar refractivity (Wildman–Crippen MR) is 70.4 cm³/mol. The van der Waals surface area contributed by atoms with Gasteiger partial charge in [-0.1, -0.05) is 0 Å². The summed E-state index contributed by atoms with van der Waals surface area (Å²) in [7, 11) is -3.93. The van der Waals surface area contributed by atoms with Crippen LogP contribution in [0.4, 0.5) is 9.18 Å². The van der Waals surface area contributed by atoms with Crippen LogP contribution in [-0.2, 0) is 9.84 Å². The largest absolute Gasteiger partial charge is 0.478 e. The summed E-state index contributed by atoms with van der Waals surface area (Å²) >= 11 is 0. The molecular weight excluding hydrogens is 303 g/mol. The van der Waals surface area contributed by atoms with E-state index in [1.54, 1.807) is 0 Å². The van der Waals surface area contributed by atoms with Crippen LogP contribution in [0.25, 0.3) is 0 Å². The maximum atomic E-state index is 13.7. The number of hydrogen-bond donors (Lipinski definition) is 2. The van der Waals surface area contributed by atoms with E-state index >= 15 is 0 Å². The zero-order valence-electron chi connectivity index (χ0n) is 10.9. The highest BCUT2D eigenvalue weighted by atomic mass is 32.2. The van der Waals surface area contributed by atoms with Crippen molar-refractivity contribution in [2.45, 2.75) is 4.90 Å². The maximum absolute atomic E-state index is 13.7. The van der Waals surface area contributed by atoms with Gasteiger partial charge in [0.25, 0.3) is 0 Å². The monoisotopic (exact) mass is 316 g/mol. The van der Waals surface area contributed by atoms with Crippen LogP contribution in [-0.4, -0.2) is 55.8 Å². The van der Waals surface area contributed by atoms with E-state index in [1.165, 1.54) is 4.90 Å². The third-order valence-corrected chi connectivity index (χ3v) is 4.81. The number of aromatic carboxylic acids is 1. The van der Waals surface area contributed by atoms with Crippen LogP contribution in [0.2, 0.25) is 0 Å². The van der Waals surface area contributed by atoms with Crippen LogP contribution in [0, 0.1) is 5.82 Å². The lowest BCUT2D eigenvalue weighted by molar-refractivity contribution is 0.0696. The molecule has 9 heteroatoms. The number of carbonyl (C=O) groups excluding carboxylic acids is 1. The van der Waals surface area contributed by atoms with Gasteiger partial charge in [-0.2, -0.15) is 0 Å². The highest BCUT2D eigenvalue weighted by Gasteiger charge is 2.25. The molecule has 2 amide bonds. The molecule has 21 heavy (non-hydrogen) atoms. The minimum absolute atomic E-state index is 0.0473. The van der Waals surface area contributed by atoms with Crippen molar-refractivity contribution >= 4 is 21.8 Å². The van der Waals surface area contributed by atoms with E-state index in [-0.39, 0.29) is 18.1 Å². The Bertz CT molecular complexity index is 689. The summed E-state index contributed by atoms with van der Waals surface area (Å²) in [5.74, 6) is -2.88. The number of urea groups is 1. The molecule has 1 heterocycles. The molecule has 114 valence electrons. The Hall–Kier alpha value is -2.16. The Morgan fingerprint density at radius 3 is 2.67 bits per heavy atom. The van der Waals surface area contributed by atoms with Crippen LogP contribution in [0.3, 0.4) is 0 Å². The molecule has 0 radical (unpaired) electrons. The van der Waals surface area contributed by atoms with Crippen molar-refractivity contribution in [2.75, 3.05) is 25.4 Å². The Balaban J connectivity index is 2.15. The van der Waals surface area contributed by atoms with Gasteiger partial charge in [0.1, 0.15) is 10.7 Å². The van der Waals surface area contributed by atoms with Gasteiger partial charge in [0.05, 0.1) is 11.3 Å². The third-order valence-electron chi connectivity index (χ3n) is 3.09. The fourth-order valence-electron chi connectivity index (χ4n) is 1.95. The normalized spacial score (nSPS) is 15.1. The number of benzene rings is 1. The topological polar surface area (TPSA) is 104 Å². The zero-order chi connectivity index (χ0) is 15.6. The average Bonchev–Trinajstić information content (AvgIpc) is 2.81. The van der Waals surface area contributed by atoms with Crippen molar-refractivity contribution in [1.29, 1.82) is 0 Å². The Labute approximate surface area is 120 Å². The minimum atomic E-state index is -3.93. The minimum Gasteiger partial charge on any atom is -0.478 e. The second-order valence-electron chi connectivity index (χ2n) is 4.49. The van der Waals surface area contributed by atoms with Crippen LogP contribution in [0.15, 0.2) is 23.1 Å². The number of amides is 2. The molecule has 1 saturated heterocycles. The Kier molecular flexibility index (Phi) is 4.12. The summed E-state index contributed by atoms with van der Waals surface area (Å²) in [6.07, 6.45) is 0. The summed E-state index contributed by atoms with van der Waals surface area (Å²) in [6.45, 7) is 0.795. The molecule has 1 fully saturated rings. The van der Waals surface area contributed by atoms with Gasteiger partial charge in [0, 0.05) is 19.6 Å².